The van der Waals surface area contributed by atoms with Crippen LogP contribution in [0.1, 0.15) is 38.2 Å². The van der Waals surface area contributed by atoms with Crippen LogP contribution in [0.15, 0.2) is 49.1 Å². The third-order valence-corrected chi connectivity index (χ3v) is 4.77. The van der Waals surface area contributed by atoms with E-state index in [-0.39, 0.29) is 24.2 Å². The molecule has 2 saturated heterocycles. The van der Waals surface area contributed by atoms with Crippen molar-refractivity contribution < 1.29 is 14.4 Å². The average molecular weight is 327 g/mol. The molecule has 0 bridgehead atoms. The number of hydrogen-bond acceptors (Lipinski definition) is 3. The summed E-state index contributed by atoms with van der Waals surface area (Å²) in [5.41, 5.74) is 2.18. The van der Waals surface area contributed by atoms with E-state index in [1.54, 1.807) is 0 Å². The predicted octanol–water partition coefficient (Wildman–Crippen LogP) is 3.95. The summed E-state index contributed by atoms with van der Waals surface area (Å²) < 4.78 is 5.55. The Balaban J connectivity index is 1.57. The van der Waals surface area contributed by atoms with E-state index in [4.69, 9.17) is 9.57 Å². The Labute approximate surface area is 143 Å². The van der Waals surface area contributed by atoms with Gasteiger partial charge in [-0.15, -0.1) is 0 Å². The van der Waals surface area contributed by atoms with Gasteiger partial charge in [-0.1, -0.05) is 49.1 Å². The molecule has 24 heavy (non-hydrogen) atoms. The van der Waals surface area contributed by atoms with Crippen LogP contribution in [0.4, 0.5) is 0 Å². The Kier molecular flexibility index (Phi) is 5.48. The fraction of sp³-hybridized carbons (Fsp3) is 0.450. The number of rotatable bonds is 6. The number of hydroxylamine groups is 2. The lowest BCUT2D eigenvalue weighted by Crippen LogP contribution is -2.60. The zero-order chi connectivity index (χ0) is 16.9. The molecule has 2 aliphatic heterocycles. The molecule has 2 fully saturated rings. The Bertz CT molecular complexity index is 605. The van der Waals surface area contributed by atoms with Crippen molar-refractivity contribution in [3.05, 3.63) is 54.6 Å². The van der Waals surface area contributed by atoms with Crippen LogP contribution in [-0.4, -0.2) is 29.9 Å². The SMILES string of the molecule is C=CC(=CC[C@H]1C(=O)N(OC2CCCCO2)[C@H]1C)c1ccccc1. The van der Waals surface area contributed by atoms with Crippen LogP contribution < -0.4 is 0 Å². The molecule has 4 heteroatoms. The summed E-state index contributed by atoms with van der Waals surface area (Å²) in [5, 5.41) is 1.49. The van der Waals surface area contributed by atoms with Crippen LogP contribution in [0.3, 0.4) is 0 Å². The van der Waals surface area contributed by atoms with Crippen LogP contribution in [0.2, 0.25) is 0 Å². The maximum atomic E-state index is 12.4. The highest BCUT2D eigenvalue weighted by atomic mass is 16.8. The van der Waals surface area contributed by atoms with Crippen LogP contribution in [0, 0.1) is 5.92 Å². The van der Waals surface area contributed by atoms with E-state index in [2.05, 4.69) is 24.8 Å². The van der Waals surface area contributed by atoms with Gasteiger partial charge in [0.2, 0.25) is 0 Å². The van der Waals surface area contributed by atoms with Crippen molar-refractivity contribution in [1.82, 2.24) is 5.06 Å². The number of ether oxygens (including phenoxy) is 1. The average Bonchev–Trinajstić information content (AvgIpc) is 2.65. The highest BCUT2D eigenvalue weighted by Gasteiger charge is 2.46. The Morgan fingerprint density at radius 3 is 2.79 bits per heavy atom. The summed E-state index contributed by atoms with van der Waals surface area (Å²) in [6, 6.07) is 10.2. The minimum atomic E-state index is -0.269. The lowest BCUT2D eigenvalue weighted by atomic mass is 9.87. The van der Waals surface area contributed by atoms with Gasteiger partial charge in [-0.2, -0.15) is 0 Å². The lowest BCUT2D eigenvalue weighted by molar-refractivity contribution is -0.316. The fourth-order valence-corrected chi connectivity index (χ4v) is 3.22. The molecule has 0 saturated carbocycles. The molecule has 128 valence electrons. The number of benzene rings is 1. The minimum Gasteiger partial charge on any atom is -0.350 e. The van der Waals surface area contributed by atoms with E-state index >= 15 is 0 Å². The molecule has 1 aromatic carbocycles. The number of allylic oxidation sites excluding steroid dienone is 3. The molecule has 3 atom stereocenters. The summed E-state index contributed by atoms with van der Waals surface area (Å²) in [5.74, 6) is 0.0108. The van der Waals surface area contributed by atoms with E-state index < -0.39 is 0 Å². The molecule has 1 aromatic rings. The predicted molar refractivity (Wildman–Crippen MR) is 93.7 cm³/mol. The van der Waals surface area contributed by atoms with E-state index in [9.17, 15) is 4.79 Å². The molecule has 2 heterocycles. The van der Waals surface area contributed by atoms with Crippen molar-refractivity contribution in [1.29, 1.82) is 0 Å². The van der Waals surface area contributed by atoms with Crippen molar-refractivity contribution in [3.63, 3.8) is 0 Å². The second-order valence-electron chi connectivity index (χ2n) is 6.38. The van der Waals surface area contributed by atoms with E-state index in [1.165, 1.54) is 5.06 Å². The highest BCUT2D eigenvalue weighted by Crippen LogP contribution is 2.33. The topological polar surface area (TPSA) is 38.8 Å². The summed E-state index contributed by atoms with van der Waals surface area (Å²) in [4.78, 5) is 18.1. The molecular formula is C20H25NO3. The standard InChI is InChI=1S/C20H25NO3/c1-3-16(17-9-5-4-6-10-17)12-13-18-15(2)21(20(18)22)24-19-11-7-8-14-23-19/h3-6,9-10,12,15,18-19H,1,7-8,11,13-14H2,2H3/t15-,18+,19?/m0/s1. The molecule has 3 rings (SSSR count). The van der Waals surface area contributed by atoms with Gasteiger partial charge in [0.15, 0.2) is 6.29 Å². The maximum absolute atomic E-state index is 12.4. The first-order valence-corrected chi connectivity index (χ1v) is 8.70. The second kappa shape index (κ2) is 7.77. The molecule has 0 spiro atoms. The second-order valence-corrected chi connectivity index (χ2v) is 6.38. The Hall–Kier alpha value is -1.91. The van der Waals surface area contributed by atoms with Crippen LogP contribution in [0.5, 0.6) is 0 Å². The van der Waals surface area contributed by atoms with Crippen molar-refractivity contribution in [2.45, 2.75) is 44.9 Å². The maximum Gasteiger partial charge on any atom is 0.252 e. The van der Waals surface area contributed by atoms with Crippen LogP contribution >= 0.6 is 0 Å². The van der Waals surface area contributed by atoms with Gasteiger partial charge in [0.05, 0.1) is 12.0 Å². The largest absolute Gasteiger partial charge is 0.350 e. The monoisotopic (exact) mass is 327 g/mol. The minimum absolute atomic E-state index is 0.0350. The van der Waals surface area contributed by atoms with E-state index in [0.29, 0.717) is 13.0 Å². The van der Waals surface area contributed by atoms with Crippen molar-refractivity contribution in [2.75, 3.05) is 6.61 Å². The number of hydrogen-bond donors (Lipinski definition) is 0. The molecule has 1 amide bonds. The zero-order valence-electron chi connectivity index (χ0n) is 14.2. The molecule has 4 nitrogen and oxygen atoms in total. The lowest BCUT2D eigenvalue weighted by Gasteiger charge is -2.45. The van der Waals surface area contributed by atoms with Gasteiger partial charge in [0, 0.05) is 13.0 Å². The molecule has 0 radical (unpaired) electrons. The first kappa shape index (κ1) is 16.9. The molecule has 0 N–H and O–H groups in total. The first-order chi connectivity index (χ1) is 11.7. The Morgan fingerprint density at radius 2 is 2.17 bits per heavy atom. The van der Waals surface area contributed by atoms with Gasteiger partial charge in [0.1, 0.15) is 0 Å². The summed E-state index contributed by atoms with van der Waals surface area (Å²) in [7, 11) is 0. The smallest absolute Gasteiger partial charge is 0.252 e. The number of carbonyl (C=O) groups is 1. The van der Waals surface area contributed by atoms with Gasteiger partial charge in [-0.25, -0.2) is 9.90 Å². The first-order valence-electron chi connectivity index (χ1n) is 8.70. The van der Waals surface area contributed by atoms with E-state index in [0.717, 1.165) is 30.4 Å². The molecule has 2 aliphatic rings. The third-order valence-electron chi connectivity index (χ3n) is 4.77. The zero-order valence-corrected chi connectivity index (χ0v) is 14.2. The van der Waals surface area contributed by atoms with Gasteiger partial charge in [-0.3, -0.25) is 4.79 Å². The van der Waals surface area contributed by atoms with E-state index in [1.807, 2.05) is 31.2 Å². The highest BCUT2D eigenvalue weighted by molar-refractivity contribution is 5.85. The van der Waals surface area contributed by atoms with Crippen molar-refractivity contribution in [2.24, 2.45) is 5.92 Å². The van der Waals surface area contributed by atoms with Gasteiger partial charge in [-0.05, 0) is 37.3 Å². The molecule has 1 unspecified atom stereocenters. The Morgan fingerprint density at radius 1 is 1.38 bits per heavy atom. The van der Waals surface area contributed by atoms with Crippen LogP contribution in [0.25, 0.3) is 5.57 Å². The summed E-state index contributed by atoms with van der Waals surface area (Å²) in [6.45, 7) is 6.63. The number of β-lactam (4-membered cyclic amide) rings is 1. The van der Waals surface area contributed by atoms with Crippen molar-refractivity contribution in [3.8, 4) is 0 Å². The van der Waals surface area contributed by atoms with Gasteiger partial charge in [0.25, 0.3) is 5.91 Å². The van der Waals surface area contributed by atoms with Crippen molar-refractivity contribution >= 4 is 11.5 Å². The fourth-order valence-electron chi connectivity index (χ4n) is 3.22. The quantitative estimate of drug-likeness (QED) is 0.586. The van der Waals surface area contributed by atoms with Gasteiger partial charge < -0.3 is 4.74 Å². The molecule has 0 aromatic heterocycles. The molecular weight excluding hydrogens is 302 g/mol. The van der Waals surface area contributed by atoms with Gasteiger partial charge >= 0.3 is 0 Å². The molecule has 0 aliphatic carbocycles. The number of nitrogens with zero attached hydrogens (tertiary/aromatic N) is 1. The normalized spacial score (nSPS) is 27.7. The number of carbonyl (C=O) groups excluding carboxylic acids is 1. The summed E-state index contributed by atoms with van der Waals surface area (Å²) in [6.07, 6.45) is 7.38. The van der Waals surface area contributed by atoms with Crippen LogP contribution in [-0.2, 0) is 14.4 Å². The number of amides is 1. The summed E-state index contributed by atoms with van der Waals surface area (Å²) >= 11 is 0. The third kappa shape index (κ3) is 3.60.